The molecule has 0 heterocycles. The predicted molar refractivity (Wildman–Crippen MR) is 54.1 cm³/mol. The zero-order valence-corrected chi connectivity index (χ0v) is 8.52. The third kappa shape index (κ3) is 1.78. The highest BCUT2D eigenvalue weighted by Crippen LogP contribution is 2.32. The van der Waals surface area contributed by atoms with Gasteiger partial charge in [-0.1, -0.05) is 30.7 Å². The zero-order chi connectivity index (χ0) is 9.19. The van der Waals surface area contributed by atoms with Gasteiger partial charge < -0.3 is 5.32 Å². The Morgan fingerprint density at radius 2 is 2.25 bits per heavy atom. The number of hydrogen-bond acceptors (Lipinski definition) is 1. The molecule has 0 aromatic rings. The maximum Gasteiger partial charge on any atom is 0.0127 e. The van der Waals surface area contributed by atoms with Gasteiger partial charge >= 0.3 is 0 Å². The summed E-state index contributed by atoms with van der Waals surface area (Å²) < 4.78 is 0. The summed E-state index contributed by atoms with van der Waals surface area (Å²) in [4.78, 5) is 0. The Labute approximate surface area is 75.6 Å². The van der Waals surface area contributed by atoms with Crippen molar-refractivity contribution in [3.8, 4) is 0 Å². The Morgan fingerprint density at radius 3 is 2.67 bits per heavy atom. The van der Waals surface area contributed by atoms with Crippen LogP contribution in [0.5, 0.6) is 0 Å². The number of rotatable bonds is 2. The van der Waals surface area contributed by atoms with Crippen molar-refractivity contribution in [1.29, 1.82) is 0 Å². The maximum atomic E-state index is 3.31. The van der Waals surface area contributed by atoms with E-state index >= 15 is 0 Å². The van der Waals surface area contributed by atoms with E-state index in [0.29, 0.717) is 11.5 Å². The van der Waals surface area contributed by atoms with Gasteiger partial charge in [-0.25, -0.2) is 0 Å². The number of allylic oxidation sites excluding steroid dienone is 3. The van der Waals surface area contributed by atoms with Crippen LogP contribution < -0.4 is 5.32 Å². The van der Waals surface area contributed by atoms with Gasteiger partial charge in [-0.2, -0.15) is 0 Å². The molecule has 0 fully saturated rings. The van der Waals surface area contributed by atoms with E-state index in [4.69, 9.17) is 0 Å². The molecule has 1 heteroatoms. The quantitative estimate of drug-likeness (QED) is 0.663. The lowest BCUT2D eigenvalue weighted by Gasteiger charge is -2.33. The normalized spacial score (nSPS) is 31.5. The van der Waals surface area contributed by atoms with E-state index in [2.05, 4.69) is 44.3 Å². The Morgan fingerprint density at radius 1 is 1.58 bits per heavy atom. The second-order valence-corrected chi connectivity index (χ2v) is 4.00. The summed E-state index contributed by atoms with van der Waals surface area (Å²) in [6.45, 7) is 6.69. The molecule has 0 aromatic carbocycles. The molecule has 0 saturated heterocycles. The molecule has 1 aliphatic rings. The molecule has 0 aromatic heterocycles. The summed E-state index contributed by atoms with van der Waals surface area (Å²) in [5.41, 5.74) is 1.68. The van der Waals surface area contributed by atoms with Crippen molar-refractivity contribution in [1.82, 2.24) is 5.32 Å². The SMILES string of the molecule is CNC(C)C1(C)C=CC(C)=CC1. The van der Waals surface area contributed by atoms with Crippen molar-refractivity contribution in [3.05, 3.63) is 23.8 Å². The first-order valence-corrected chi connectivity index (χ1v) is 4.62. The molecule has 0 saturated carbocycles. The van der Waals surface area contributed by atoms with Crippen LogP contribution in [-0.4, -0.2) is 13.1 Å². The highest BCUT2D eigenvalue weighted by atomic mass is 14.9. The molecule has 12 heavy (non-hydrogen) atoms. The van der Waals surface area contributed by atoms with Crippen LogP contribution in [-0.2, 0) is 0 Å². The molecule has 0 bridgehead atoms. The van der Waals surface area contributed by atoms with E-state index in [0.717, 1.165) is 6.42 Å². The van der Waals surface area contributed by atoms with Gasteiger partial charge in [0, 0.05) is 11.5 Å². The van der Waals surface area contributed by atoms with Crippen LogP contribution in [0.3, 0.4) is 0 Å². The van der Waals surface area contributed by atoms with Gasteiger partial charge in [-0.3, -0.25) is 0 Å². The van der Waals surface area contributed by atoms with Crippen LogP contribution in [0.1, 0.15) is 27.2 Å². The first kappa shape index (κ1) is 9.53. The first-order chi connectivity index (χ1) is 5.58. The lowest BCUT2D eigenvalue weighted by atomic mass is 9.76. The molecule has 1 aliphatic carbocycles. The smallest absolute Gasteiger partial charge is 0.0127 e. The third-order valence-corrected chi connectivity index (χ3v) is 3.01. The van der Waals surface area contributed by atoms with E-state index in [9.17, 15) is 0 Å². The topological polar surface area (TPSA) is 12.0 Å². The van der Waals surface area contributed by atoms with Crippen molar-refractivity contribution in [3.63, 3.8) is 0 Å². The molecule has 0 amide bonds. The Bertz CT molecular complexity index is 215. The van der Waals surface area contributed by atoms with Crippen LogP contribution in [0, 0.1) is 5.41 Å². The molecule has 1 rings (SSSR count). The van der Waals surface area contributed by atoms with Gasteiger partial charge in [0.1, 0.15) is 0 Å². The molecule has 68 valence electrons. The molecule has 2 unspecified atom stereocenters. The van der Waals surface area contributed by atoms with Gasteiger partial charge in [0.15, 0.2) is 0 Å². The minimum atomic E-state index is 0.300. The highest BCUT2D eigenvalue weighted by Gasteiger charge is 2.27. The Kier molecular flexibility index (Phi) is 2.73. The van der Waals surface area contributed by atoms with Crippen LogP contribution in [0.4, 0.5) is 0 Å². The van der Waals surface area contributed by atoms with Crippen molar-refractivity contribution < 1.29 is 0 Å². The van der Waals surface area contributed by atoms with Crippen molar-refractivity contribution in [2.75, 3.05) is 7.05 Å². The minimum absolute atomic E-state index is 0.300. The van der Waals surface area contributed by atoms with E-state index < -0.39 is 0 Å². The van der Waals surface area contributed by atoms with Gasteiger partial charge in [0.2, 0.25) is 0 Å². The fraction of sp³-hybridized carbons (Fsp3) is 0.636. The molecule has 0 radical (unpaired) electrons. The maximum absolute atomic E-state index is 3.31. The van der Waals surface area contributed by atoms with Crippen molar-refractivity contribution in [2.24, 2.45) is 5.41 Å². The van der Waals surface area contributed by atoms with Crippen molar-refractivity contribution >= 4 is 0 Å². The fourth-order valence-electron chi connectivity index (χ4n) is 1.49. The number of hydrogen-bond donors (Lipinski definition) is 1. The van der Waals surface area contributed by atoms with E-state index in [1.165, 1.54) is 5.57 Å². The summed E-state index contributed by atoms with van der Waals surface area (Å²) in [5.74, 6) is 0. The summed E-state index contributed by atoms with van der Waals surface area (Å²) in [5, 5.41) is 3.31. The zero-order valence-electron chi connectivity index (χ0n) is 8.52. The average molecular weight is 165 g/mol. The molecule has 0 spiro atoms. The van der Waals surface area contributed by atoms with Crippen LogP contribution in [0.25, 0.3) is 0 Å². The second-order valence-electron chi connectivity index (χ2n) is 4.00. The molecule has 0 aliphatic heterocycles. The molecular weight excluding hydrogens is 146 g/mol. The average Bonchev–Trinajstić information content (AvgIpc) is 2.09. The van der Waals surface area contributed by atoms with E-state index in [1.807, 2.05) is 7.05 Å². The molecule has 2 atom stereocenters. The Hall–Kier alpha value is -0.560. The summed E-state index contributed by atoms with van der Waals surface area (Å²) in [7, 11) is 2.02. The lowest BCUT2D eigenvalue weighted by Crippen LogP contribution is -2.38. The van der Waals surface area contributed by atoms with Gasteiger partial charge in [0.05, 0.1) is 0 Å². The first-order valence-electron chi connectivity index (χ1n) is 4.62. The van der Waals surface area contributed by atoms with Gasteiger partial charge in [-0.05, 0) is 27.3 Å². The molecule has 1 N–H and O–H groups in total. The summed E-state index contributed by atoms with van der Waals surface area (Å²) >= 11 is 0. The van der Waals surface area contributed by atoms with Gasteiger partial charge in [-0.15, -0.1) is 0 Å². The predicted octanol–water partition coefficient (Wildman–Crippen LogP) is 2.51. The summed E-state index contributed by atoms with van der Waals surface area (Å²) in [6.07, 6.45) is 8.01. The number of nitrogens with one attached hydrogen (secondary N) is 1. The van der Waals surface area contributed by atoms with Gasteiger partial charge in [0.25, 0.3) is 0 Å². The largest absolute Gasteiger partial charge is 0.316 e. The van der Waals surface area contributed by atoms with E-state index in [-0.39, 0.29) is 0 Å². The van der Waals surface area contributed by atoms with E-state index in [1.54, 1.807) is 0 Å². The standard InChI is InChI=1S/C11H19N/c1-9-5-7-11(3,8-6-9)10(2)12-4/h5-7,10,12H,8H2,1-4H3. The minimum Gasteiger partial charge on any atom is -0.316 e. The fourth-order valence-corrected chi connectivity index (χ4v) is 1.49. The molecular formula is C11H19N. The van der Waals surface area contributed by atoms with Crippen molar-refractivity contribution in [2.45, 2.75) is 33.2 Å². The summed E-state index contributed by atoms with van der Waals surface area (Å²) in [6, 6.07) is 0.540. The highest BCUT2D eigenvalue weighted by molar-refractivity contribution is 5.25. The molecule has 1 nitrogen and oxygen atoms in total. The van der Waals surface area contributed by atoms with Crippen LogP contribution in [0.15, 0.2) is 23.8 Å². The third-order valence-electron chi connectivity index (χ3n) is 3.01. The lowest BCUT2D eigenvalue weighted by molar-refractivity contribution is 0.314. The monoisotopic (exact) mass is 165 g/mol. The Balaban J connectivity index is 2.71. The second kappa shape index (κ2) is 3.44. The van der Waals surface area contributed by atoms with Crippen LogP contribution in [0.2, 0.25) is 0 Å². The van der Waals surface area contributed by atoms with Crippen LogP contribution >= 0.6 is 0 Å².